The van der Waals surface area contributed by atoms with Crippen LogP contribution in [0.3, 0.4) is 0 Å². The van der Waals surface area contributed by atoms with Gasteiger partial charge in [-0.3, -0.25) is 0 Å². The summed E-state index contributed by atoms with van der Waals surface area (Å²) in [5.74, 6) is 3.62. The maximum absolute atomic E-state index is 6.30. The quantitative estimate of drug-likeness (QED) is 0.866. The van der Waals surface area contributed by atoms with Crippen molar-refractivity contribution in [1.82, 2.24) is 9.55 Å². The van der Waals surface area contributed by atoms with Crippen molar-refractivity contribution in [3.05, 3.63) is 11.5 Å². The van der Waals surface area contributed by atoms with Crippen LogP contribution in [-0.4, -0.2) is 9.55 Å². The molecule has 0 bridgehead atoms. The molecule has 0 aliphatic heterocycles. The smallest absolute Gasteiger partial charge is 0.127 e. The third-order valence-electron chi connectivity index (χ3n) is 4.20. The molecule has 0 amide bonds. The summed E-state index contributed by atoms with van der Waals surface area (Å²) in [6, 6.07) is 0. The lowest BCUT2D eigenvalue weighted by molar-refractivity contribution is 0.579. The van der Waals surface area contributed by atoms with Crippen molar-refractivity contribution < 1.29 is 0 Å². The fourth-order valence-corrected chi connectivity index (χ4v) is 3.11. The van der Waals surface area contributed by atoms with Crippen LogP contribution >= 0.6 is 0 Å². The molecular formula is C14H23N3. The summed E-state index contributed by atoms with van der Waals surface area (Å²) in [4.78, 5) is 4.91. The predicted molar refractivity (Wildman–Crippen MR) is 70.1 cm³/mol. The van der Waals surface area contributed by atoms with Gasteiger partial charge in [0.15, 0.2) is 0 Å². The number of nitrogens with two attached hydrogens (primary N) is 1. The first-order valence-corrected chi connectivity index (χ1v) is 7.17. The van der Waals surface area contributed by atoms with Crippen LogP contribution in [-0.2, 0) is 6.54 Å². The molecule has 3 heteroatoms. The van der Waals surface area contributed by atoms with Crippen LogP contribution in [0, 0.1) is 0 Å². The number of imidazole rings is 1. The largest absolute Gasteiger partial charge is 0.384 e. The van der Waals surface area contributed by atoms with Gasteiger partial charge in [-0.15, -0.1) is 0 Å². The third-order valence-corrected chi connectivity index (χ3v) is 4.20. The number of hydrogen-bond donors (Lipinski definition) is 1. The van der Waals surface area contributed by atoms with E-state index >= 15 is 0 Å². The van der Waals surface area contributed by atoms with Crippen LogP contribution in [0.4, 0.5) is 5.82 Å². The SMILES string of the molecule is CCCn1c(C2CCCC2)nc(C2CC2)c1N. The highest BCUT2D eigenvalue weighted by atomic mass is 15.1. The third kappa shape index (κ3) is 1.96. The number of rotatable bonds is 4. The Morgan fingerprint density at radius 1 is 1.18 bits per heavy atom. The normalized spacial score (nSPS) is 21.2. The van der Waals surface area contributed by atoms with Gasteiger partial charge < -0.3 is 10.3 Å². The second-order valence-corrected chi connectivity index (χ2v) is 5.65. The van der Waals surface area contributed by atoms with Crippen LogP contribution in [0.5, 0.6) is 0 Å². The van der Waals surface area contributed by atoms with Gasteiger partial charge in [-0.1, -0.05) is 19.8 Å². The van der Waals surface area contributed by atoms with Gasteiger partial charge in [-0.25, -0.2) is 4.98 Å². The molecule has 0 aromatic carbocycles. The van der Waals surface area contributed by atoms with E-state index in [0.717, 1.165) is 18.8 Å². The van der Waals surface area contributed by atoms with Crippen LogP contribution in [0.15, 0.2) is 0 Å². The molecule has 2 saturated carbocycles. The molecule has 2 N–H and O–H groups in total. The highest BCUT2D eigenvalue weighted by molar-refractivity contribution is 5.43. The number of aromatic nitrogens is 2. The molecule has 1 heterocycles. The van der Waals surface area contributed by atoms with E-state index in [1.54, 1.807) is 0 Å². The van der Waals surface area contributed by atoms with E-state index in [1.807, 2.05) is 0 Å². The Morgan fingerprint density at radius 3 is 2.47 bits per heavy atom. The zero-order chi connectivity index (χ0) is 11.8. The first kappa shape index (κ1) is 11.1. The molecule has 2 fully saturated rings. The molecule has 0 unspecified atom stereocenters. The van der Waals surface area contributed by atoms with Gasteiger partial charge in [-0.05, 0) is 32.1 Å². The van der Waals surface area contributed by atoms with Gasteiger partial charge in [0.2, 0.25) is 0 Å². The molecule has 3 rings (SSSR count). The van der Waals surface area contributed by atoms with Gasteiger partial charge in [-0.2, -0.15) is 0 Å². The lowest BCUT2D eigenvalue weighted by atomic mass is 10.1. The average Bonchev–Trinajstić information content (AvgIpc) is 2.91. The minimum atomic E-state index is 0.674. The van der Waals surface area contributed by atoms with E-state index < -0.39 is 0 Å². The van der Waals surface area contributed by atoms with Gasteiger partial charge in [0.1, 0.15) is 11.6 Å². The minimum Gasteiger partial charge on any atom is -0.384 e. The monoisotopic (exact) mass is 233 g/mol. The summed E-state index contributed by atoms with van der Waals surface area (Å²) in [7, 11) is 0. The molecule has 0 spiro atoms. The first-order chi connectivity index (χ1) is 8.31. The molecule has 0 radical (unpaired) electrons. The summed E-state index contributed by atoms with van der Waals surface area (Å²) in [5, 5.41) is 0. The summed E-state index contributed by atoms with van der Waals surface area (Å²) >= 11 is 0. The predicted octanol–water partition coefficient (Wildman–Crippen LogP) is 3.41. The summed E-state index contributed by atoms with van der Waals surface area (Å²) in [6.07, 6.45) is 9.07. The van der Waals surface area contributed by atoms with E-state index in [9.17, 15) is 0 Å². The molecule has 1 aromatic rings. The van der Waals surface area contributed by atoms with Crippen molar-refractivity contribution in [1.29, 1.82) is 0 Å². The molecule has 1 aromatic heterocycles. The minimum absolute atomic E-state index is 0.674. The topological polar surface area (TPSA) is 43.8 Å². The second kappa shape index (κ2) is 4.35. The molecule has 0 atom stereocenters. The molecule has 3 nitrogen and oxygen atoms in total. The number of nitrogens with zero attached hydrogens (tertiary/aromatic N) is 2. The molecule has 0 saturated heterocycles. The zero-order valence-corrected chi connectivity index (χ0v) is 10.8. The van der Waals surface area contributed by atoms with E-state index in [-0.39, 0.29) is 0 Å². The zero-order valence-electron chi connectivity index (χ0n) is 10.8. The van der Waals surface area contributed by atoms with Crippen molar-refractivity contribution in [3.8, 4) is 0 Å². The fraction of sp³-hybridized carbons (Fsp3) is 0.786. The standard InChI is InChI=1S/C14H23N3/c1-2-9-17-13(15)12(10-7-8-10)16-14(17)11-5-3-4-6-11/h10-11H,2-9,15H2,1H3. The summed E-state index contributed by atoms with van der Waals surface area (Å²) in [6.45, 7) is 3.26. The van der Waals surface area contributed by atoms with Crippen LogP contribution in [0.2, 0.25) is 0 Å². The van der Waals surface area contributed by atoms with Crippen LogP contribution in [0.1, 0.15) is 75.2 Å². The number of nitrogen functional groups attached to an aromatic ring is 1. The molecule has 2 aliphatic carbocycles. The maximum Gasteiger partial charge on any atom is 0.127 e. The highest BCUT2D eigenvalue weighted by Crippen LogP contribution is 2.44. The Balaban J connectivity index is 1.95. The highest BCUT2D eigenvalue weighted by Gasteiger charge is 2.32. The molecular weight excluding hydrogens is 210 g/mol. The molecule has 94 valence electrons. The molecule has 17 heavy (non-hydrogen) atoms. The van der Waals surface area contributed by atoms with Crippen LogP contribution < -0.4 is 5.73 Å². The van der Waals surface area contributed by atoms with E-state index in [1.165, 1.54) is 50.0 Å². The van der Waals surface area contributed by atoms with E-state index in [2.05, 4.69) is 11.5 Å². The fourth-order valence-electron chi connectivity index (χ4n) is 3.11. The second-order valence-electron chi connectivity index (χ2n) is 5.65. The van der Waals surface area contributed by atoms with Crippen molar-refractivity contribution in [2.24, 2.45) is 0 Å². The Hall–Kier alpha value is -0.990. The Morgan fingerprint density at radius 2 is 1.88 bits per heavy atom. The van der Waals surface area contributed by atoms with Crippen LogP contribution in [0.25, 0.3) is 0 Å². The van der Waals surface area contributed by atoms with E-state index in [4.69, 9.17) is 10.7 Å². The van der Waals surface area contributed by atoms with Crippen molar-refractivity contribution >= 4 is 5.82 Å². The lowest BCUT2D eigenvalue weighted by Gasteiger charge is -2.12. The van der Waals surface area contributed by atoms with Crippen molar-refractivity contribution in [2.45, 2.75) is 70.3 Å². The summed E-state index contributed by atoms with van der Waals surface area (Å²) in [5.41, 5.74) is 7.51. The van der Waals surface area contributed by atoms with Crippen molar-refractivity contribution in [2.75, 3.05) is 5.73 Å². The number of hydrogen-bond acceptors (Lipinski definition) is 2. The first-order valence-electron chi connectivity index (χ1n) is 7.17. The lowest BCUT2D eigenvalue weighted by Crippen LogP contribution is -2.09. The van der Waals surface area contributed by atoms with Gasteiger partial charge in [0.05, 0.1) is 5.69 Å². The Labute approximate surface area is 103 Å². The summed E-state index contributed by atoms with van der Waals surface area (Å²) < 4.78 is 2.31. The number of anilines is 1. The van der Waals surface area contributed by atoms with Crippen molar-refractivity contribution in [3.63, 3.8) is 0 Å². The average molecular weight is 233 g/mol. The van der Waals surface area contributed by atoms with Gasteiger partial charge >= 0.3 is 0 Å². The Kier molecular flexibility index (Phi) is 2.85. The molecule has 2 aliphatic rings. The van der Waals surface area contributed by atoms with Gasteiger partial charge in [0.25, 0.3) is 0 Å². The van der Waals surface area contributed by atoms with E-state index in [0.29, 0.717) is 11.8 Å². The van der Waals surface area contributed by atoms with Gasteiger partial charge in [0, 0.05) is 18.4 Å². The Bertz CT molecular complexity index is 398. The maximum atomic E-state index is 6.30.